The molecule has 0 unspecified atom stereocenters. The van der Waals surface area contributed by atoms with Gasteiger partial charge in [0.1, 0.15) is 19.0 Å². The van der Waals surface area contributed by atoms with E-state index in [1.807, 2.05) is 28.0 Å². The van der Waals surface area contributed by atoms with E-state index < -0.39 is 5.82 Å². The molecule has 1 saturated heterocycles. The topological polar surface area (TPSA) is 59.1 Å². The second-order valence-corrected chi connectivity index (χ2v) is 8.23. The van der Waals surface area contributed by atoms with Crippen molar-refractivity contribution in [3.63, 3.8) is 0 Å². The van der Waals surface area contributed by atoms with E-state index in [4.69, 9.17) is 9.47 Å². The SMILES string of the molecule is CC(=O)c1ccc(N2CCN(C(=O)CSc3ccc4c(c3)OCCO4)CC2)c(F)c1. The maximum Gasteiger partial charge on any atom is 0.233 e. The van der Waals surface area contributed by atoms with Crippen LogP contribution in [0.25, 0.3) is 0 Å². The third-order valence-electron chi connectivity index (χ3n) is 5.20. The van der Waals surface area contributed by atoms with Crippen molar-refractivity contribution in [3.05, 3.63) is 47.8 Å². The Morgan fingerprint density at radius 1 is 1.00 bits per heavy atom. The van der Waals surface area contributed by atoms with E-state index in [-0.39, 0.29) is 11.7 Å². The first-order valence-electron chi connectivity index (χ1n) is 9.87. The number of ketones is 1. The first-order valence-corrected chi connectivity index (χ1v) is 10.9. The summed E-state index contributed by atoms with van der Waals surface area (Å²) in [4.78, 5) is 28.7. The molecular weight excluding hydrogens is 407 g/mol. The number of fused-ring (bicyclic) bond motifs is 1. The second-order valence-electron chi connectivity index (χ2n) is 7.18. The van der Waals surface area contributed by atoms with E-state index in [0.717, 1.165) is 10.6 Å². The molecule has 0 atom stereocenters. The van der Waals surface area contributed by atoms with Crippen molar-refractivity contribution >= 4 is 29.1 Å². The molecule has 8 heteroatoms. The maximum atomic E-state index is 14.4. The molecule has 0 bridgehead atoms. The number of rotatable bonds is 5. The van der Waals surface area contributed by atoms with Gasteiger partial charge in [0.2, 0.25) is 5.91 Å². The summed E-state index contributed by atoms with van der Waals surface area (Å²) in [5.74, 6) is 1.27. The normalized spacial score (nSPS) is 15.8. The fourth-order valence-electron chi connectivity index (χ4n) is 3.53. The van der Waals surface area contributed by atoms with Crippen LogP contribution >= 0.6 is 11.8 Å². The number of halogens is 1. The molecule has 0 spiro atoms. The average Bonchev–Trinajstić information content (AvgIpc) is 2.77. The molecule has 4 rings (SSSR count). The molecule has 1 fully saturated rings. The summed E-state index contributed by atoms with van der Waals surface area (Å²) in [6.07, 6.45) is 0. The van der Waals surface area contributed by atoms with Crippen LogP contribution in [-0.2, 0) is 4.79 Å². The van der Waals surface area contributed by atoms with E-state index >= 15 is 0 Å². The van der Waals surface area contributed by atoms with Crippen LogP contribution in [0.1, 0.15) is 17.3 Å². The lowest BCUT2D eigenvalue weighted by Crippen LogP contribution is -2.49. The minimum Gasteiger partial charge on any atom is -0.486 e. The largest absolute Gasteiger partial charge is 0.486 e. The van der Waals surface area contributed by atoms with Gasteiger partial charge >= 0.3 is 0 Å². The standard InChI is InChI=1S/C22H23FN2O4S/c1-15(26)16-2-4-19(18(23)12-16)24-6-8-25(9-7-24)22(27)14-30-17-3-5-20-21(13-17)29-11-10-28-20/h2-5,12-13H,6-11,14H2,1H3. The van der Waals surface area contributed by atoms with Gasteiger partial charge in [-0.3, -0.25) is 9.59 Å². The molecule has 2 aromatic carbocycles. The van der Waals surface area contributed by atoms with Crippen molar-refractivity contribution in [2.75, 3.05) is 50.0 Å². The highest BCUT2D eigenvalue weighted by Crippen LogP contribution is 2.34. The predicted octanol–water partition coefficient (Wildman–Crippen LogP) is 3.24. The van der Waals surface area contributed by atoms with Crippen LogP contribution in [0.5, 0.6) is 11.5 Å². The van der Waals surface area contributed by atoms with Crippen LogP contribution in [0.4, 0.5) is 10.1 Å². The summed E-state index contributed by atoms with van der Waals surface area (Å²) in [5.41, 5.74) is 0.832. The summed E-state index contributed by atoms with van der Waals surface area (Å²) in [7, 11) is 0. The van der Waals surface area contributed by atoms with E-state index in [9.17, 15) is 14.0 Å². The lowest BCUT2D eigenvalue weighted by atomic mass is 10.1. The van der Waals surface area contributed by atoms with Crippen LogP contribution in [0, 0.1) is 5.82 Å². The number of hydrogen-bond donors (Lipinski definition) is 0. The highest BCUT2D eigenvalue weighted by Gasteiger charge is 2.23. The molecule has 0 aliphatic carbocycles. The number of Topliss-reactive ketones (excluding diaryl/α,β-unsaturated/α-hetero) is 1. The zero-order valence-electron chi connectivity index (χ0n) is 16.7. The van der Waals surface area contributed by atoms with Gasteiger partial charge in [0.15, 0.2) is 17.3 Å². The van der Waals surface area contributed by atoms with Gasteiger partial charge in [-0.25, -0.2) is 4.39 Å². The smallest absolute Gasteiger partial charge is 0.233 e. The Bertz CT molecular complexity index is 960. The molecule has 0 aromatic heterocycles. The Morgan fingerprint density at radius 3 is 2.43 bits per heavy atom. The monoisotopic (exact) mass is 430 g/mol. The Balaban J connectivity index is 1.30. The summed E-state index contributed by atoms with van der Waals surface area (Å²) >= 11 is 1.47. The number of hydrogen-bond acceptors (Lipinski definition) is 6. The van der Waals surface area contributed by atoms with Crippen molar-refractivity contribution in [1.82, 2.24) is 4.90 Å². The number of thioether (sulfide) groups is 1. The number of benzene rings is 2. The van der Waals surface area contributed by atoms with Crippen LogP contribution in [0.3, 0.4) is 0 Å². The van der Waals surface area contributed by atoms with Crippen molar-refractivity contribution in [1.29, 1.82) is 0 Å². The highest BCUT2D eigenvalue weighted by molar-refractivity contribution is 8.00. The summed E-state index contributed by atoms with van der Waals surface area (Å²) in [6, 6.07) is 10.3. The molecule has 1 amide bonds. The van der Waals surface area contributed by atoms with E-state index in [0.29, 0.717) is 62.1 Å². The number of ether oxygens (including phenoxy) is 2. The van der Waals surface area contributed by atoms with Crippen molar-refractivity contribution in [2.45, 2.75) is 11.8 Å². The summed E-state index contributed by atoms with van der Waals surface area (Å²) < 4.78 is 25.5. The van der Waals surface area contributed by atoms with Gasteiger partial charge in [0, 0.05) is 36.6 Å². The van der Waals surface area contributed by atoms with Crippen LogP contribution in [0.2, 0.25) is 0 Å². The van der Waals surface area contributed by atoms with Crippen molar-refractivity contribution < 1.29 is 23.5 Å². The van der Waals surface area contributed by atoms with Crippen LogP contribution in [0.15, 0.2) is 41.3 Å². The van der Waals surface area contributed by atoms with Gasteiger partial charge in [-0.1, -0.05) is 0 Å². The predicted molar refractivity (Wildman–Crippen MR) is 113 cm³/mol. The van der Waals surface area contributed by atoms with Gasteiger partial charge in [0.05, 0.1) is 11.4 Å². The number of nitrogens with zero attached hydrogens (tertiary/aromatic N) is 2. The van der Waals surface area contributed by atoms with Crippen molar-refractivity contribution in [3.8, 4) is 11.5 Å². The summed E-state index contributed by atoms with van der Waals surface area (Å²) in [6.45, 7) is 4.68. The fourth-order valence-corrected chi connectivity index (χ4v) is 4.36. The minimum absolute atomic E-state index is 0.0574. The van der Waals surface area contributed by atoms with Gasteiger partial charge in [0.25, 0.3) is 0 Å². The summed E-state index contributed by atoms with van der Waals surface area (Å²) in [5, 5.41) is 0. The lowest BCUT2D eigenvalue weighted by molar-refractivity contribution is -0.128. The van der Waals surface area contributed by atoms with Gasteiger partial charge < -0.3 is 19.3 Å². The number of anilines is 1. The molecule has 2 aliphatic rings. The zero-order valence-corrected chi connectivity index (χ0v) is 17.5. The molecule has 6 nitrogen and oxygen atoms in total. The fraction of sp³-hybridized carbons (Fsp3) is 0.364. The Labute approximate surface area is 178 Å². The minimum atomic E-state index is -0.406. The number of carbonyl (C=O) groups is 2. The maximum absolute atomic E-state index is 14.4. The molecule has 2 heterocycles. The van der Waals surface area contributed by atoms with Gasteiger partial charge in [-0.2, -0.15) is 0 Å². The number of carbonyl (C=O) groups excluding carboxylic acids is 2. The molecule has 0 saturated carbocycles. The van der Waals surface area contributed by atoms with Crippen LogP contribution in [-0.4, -0.2) is 61.7 Å². The third kappa shape index (κ3) is 4.53. The molecular formula is C22H23FN2O4S. The van der Waals surface area contributed by atoms with Gasteiger partial charge in [-0.15, -0.1) is 11.8 Å². The quantitative estimate of drug-likeness (QED) is 0.536. The molecule has 0 radical (unpaired) electrons. The number of amides is 1. The molecule has 30 heavy (non-hydrogen) atoms. The molecule has 2 aromatic rings. The third-order valence-corrected chi connectivity index (χ3v) is 6.18. The second kappa shape index (κ2) is 8.95. The van der Waals surface area contributed by atoms with Crippen LogP contribution < -0.4 is 14.4 Å². The Morgan fingerprint density at radius 2 is 1.73 bits per heavy atom. The molecule has 2 aliphatic heterocycles. The Hall–Kier alpha value is -2.74. The highest BCUT2D eigenvalue weighted by atomic mass is 32.2. The molecule has 0 N–H and O–H groups in total. The Kier molecular flexibility index (Phi) is 6.13. The first-order chi connectivity index (χ1) is 14.5. The van der Waals surface area contributed by atoms with Gasteiger partial charge in [-0.05, 0) is 43.3 Å². The van der Waals surface area contributed by atoms with Crippen molar-refractivity contribution in [2.24, 2.45) is 0 Å². The lowest BCUT2D eigenvalue weighted by Gasteiger charge is -2.36. The van der Waals surface area contributed by atoms with E-state index in [1.54, 1.807) is 12.1 Å². The number of piperazine rings is 1. The molecule has 158 valence electrons. The first kappa shape index (κ1) is 20.5. The zero-order chi connectivity index (χ0) is 21.1. The van der Waals surface area contributed by atoms with E-state index in [1.165, 1.54) is 24.8 Å². The van der Waals surface area contributed by atoms with E-state index in [2.05, 4.69) is 0 Å². The average molecular weight is 431 g/mol.